The van der Waals surface area contributed by atoms with Gasteiger partial charge < -0.3 is 24.3 Å². The molecule has 0 amide bonds. The fourth-order valence-electron chi connectivity index (χ4n) is 3.15. The lowest BCUT2D eigenvalue weighted by atomic mass is 10.0. The highest BCUT2D eigenvalue weighted by atomic mass is 16.6. The van der Waals surface area contributed by atoms with Gasteiger partial charge in [0.15, 0.2) is 6.10 Å². The number of rotatable bonds is 6. The van der Waals surface area contributed by atoms with Crippen LogP contribution < -0.4 is 9.80 Å². The van der Waals surface area contributed by atoms with Crippen molar-refractivity contribution in [2.45, 2.75) is 31.4 Å². The molecule has 1 fully saturated rings. The maximum absolute atomic E-state index is 12.4. The monoisotopic (exact) mass is 345 g/mol. The molecule has 0 bridgehead atoms. The van der Waals surface area contributed by atoms with Crippen molar-refractivity contribution in [3.05, 3.63) is 53.8 Å². The molecular formula is C18H23N3O4. The highest BCUT2D eigenvalue weighted by molar-refractivity contribution is 5.70. The van der Waals surface area contributed by atoms with Gasteiger partial charge in [0.25, 0.3) is 0 Å². The van der Waals surface area contributed by atoms with E-state index in [1.165, 1.54) is 0 Å². The standard InChI is InChI=1S/C18H23N3O4/c1-24-15-6-4-14(5-7-15)17(20-10-8-19-13-20)11-18(22)25-16-3-2-9-21(23)12-16/h4-8,10,13,16-17,21H,2-3,9,11-12H2,1H3. The molecule has 3 unspecified atom stereocenters. The van der Waals surface area contributed by atoms with E-state index in [1.807, 2.05) is 35.0 Å². The van der Waals surface area contributed by atoms with Crippen LogP contribution in [0.1, 0.15) is 30.9 Å². The minimum absolute atomic E-state index is 0.172. The molecule has 0 spiro atoms. The van der Waals surface area contributed by atoms with E-state index in [-0.39, 0.29) is 29.6 Å². The van der Waals surface area contributed by atoms with Crippen LogP contribution in [0.25, 0.3) is 0 Å². The fourth-order valence-corrected chi connectivity index (χ4v) is 3.15. The molecule has 7 heteroatoms. The van der Waals surface area contributed by atoms with Crippen molar-refractivity contribution < 1.29 is 19.3 Å². The van der Waals surface area contributed by atoms with E-state index in [2.05, 4.69) is 4.98 Å². The molecule has 1 aliphatic rings. The van der Waals surface area contributed by atoms with E-state index in [0.29, 0.717) is 13.1 Å². The number of carbonyl (C=O) groups is 1. The van der Waals surface area contributed by atoms with E-state index in [0.717, 1.165) is 24.2 Å². The first-order chi connectivity index (χ1) is 12.2. The predicted octanol–water partition coefficient (Wildman–Crippen LogP) is 0.960. The Morgan fingerprint density at radius 1 is 1.44 bits per heavy atom. The van der Waals surface area contributed by atoms with Crippen molar-refractivity contribution in [2.75, 3.05) is 20.2 Å². The van der Waals surface area contributed by atoms with Crippen LogP contribution in [-0.4, -0.2) is 41.8 Å². The zero-order valence-corrected chi connectivity index (χ0v) is 14.3. The number of aromatic nitrogens is 2. The van der Waals surface area contributed by atoms with Gasteiger partial charge in [0.05, 0.1) is 32.4 Å². The SMILES string of the molecule is COc1ccc(C(CC(=O)OC2CCC[NH+]([O-])C2)n2ccnc2)cc1. The van der Waals surface area contributed by atoms with E-state index >= 15 is 0 Å². The van der Waals surface area contributed by atoms with Crippen LogP contribution in [-0.2, 0) is 9.53 Å². The summed E-state index contributed by atoms with van der Waals surface area (Å²) in [4.78, 5) is 16.5. The number of esters is 1. The van der Waals surface area contributed by atoms with Gasteiger partial charge in [0.2, 0.25) is 0 Å². The molecule has 1 aliphatic heterocycles. The van der Waals surface area contributed by atoms with Crippen LogP contribution in [0.2, 0.25) is 0 Å². The molecule has 134 valence electrons. The Bertz CT molecular complexity index is 672. The van der Waals surface area contributed by atoms with Crippen LogP contribution in [0.5, 0.6) is 5.75 Å². The molecule has 1 N–H and O–H groups in total. The Kier molecular flexibility index (Phi) is 5.67. The van der Waals surface area contributed by atoms with Gasteiger partial charge in [-0.3, -0.25) is 4.79 Å². The lowest BCUT2D eigenvalue weighted by Crippen LogP contribution is -3.09. The summed E-state index contributed by atoms with van der Waals surface area (Å²) in [5.74, 6) is 0.464. The second-order valence-corrected chi connectivity index (χ2v) is 6.25. The quantitative estimate of drug-likeness (QED) is 0.623. The fraction of sp³-hybridized carbons (Fsp3) is 0.444. The lowest BCUT2D eigenvalue weighted by molar-refractivity contribution is -0.857. The topological polar surface area (TPSA) is 80.9 Å². The van der Waals surface area contributed by atoms with Gasteiger partial charge in [0.1, 0.15) is 12.3 Å². The maximum Gasteiger partial charge on any atom is 0.308 e. The third-order valence-corrected chi connectivity index (χ3v) is 4.48. The number of imidazole rings is 1. The van der Waals surface area contributed by atoms with E-state index in [9.17, 15) is 10.0 Å². The molecule has 3 atom stereocenters. The Balaban J connectivity index is 1.70. The normalized spacial score (nSPS) is 21.5. The van der Waals surface area contributed by atoms with Crippen molar-refractivity contribution in [3.8, 4) is 5.75 Å². The summed E-state index contributed by atoms with van der Waals surface area (Å²) in [7, 11) is 1.62. The molecule has 0 aliphatic carbocycles. The van der Waals surface area contributed by atoms with Gasteiger partial charge in [-0.1, -0.05) is 12.1 Å². The summed E-state index contributed by atoms with van der Waals surface area (Å²) in [6, 6.07) is 7.39. The second-order valence-electron chi connectivity index (χ2n) is 6.25. The number of nitrogens with one attached hydrogen (secondary N) is 1. The van der Waals surface area contributed by atoms with Gasteiger partial charge in [-0.05, 0) is 24.1 Å². The first kappa shape index (κ1) is 17.4. The van der Waals surface area contributed by atoms with E-state index < -0.39 is 0 Å². The van der Waals surface area contributed by atoms with Crippen LogP contribution >= 0.6 is 0 Å². The van der Waals surface area contributed by atoms with Crippen molar-refractivity contribution in [1.29, 1.82) is 0 Å². The second kappa shape index (κ2) is 8.13. The smallest absolute Gasteiger partial charge is 0.308 e. The minimum atomic E-state index is -0.297. The third-order valence-electron chi connectivity index (χ3n) is 4.48. The van der Waals surface area contributed by atoms with Crippen LogP contribution in [0.15, 0.2) is 43.0 Å². The summed E-state index contributed by atoms with van der Waals surface area (Å²) in [6.45, 7) is 0.932. The Morgan fingerprint density at radius 3 is 2.88 bits per heavy atom. The average Bonchev–Trinajstić information content (AvgIpc) is 3.14. The minimum Gasteiger partial charge on any atom is -0.634 e. The van der Waals surface area contributed by atoms with Gasteiger partial charge >= 0.3 is 5.97 Å². The van der Waals surface area contributed by atoms with Gasteiger partial charge in [-0.15, -0.1) is 0 Å². The number of hydroxylamine groups is 2. The maximum atomic E-state index is 12.4. The summed E-state index contributed by atoms with van der Waals surface area (Å²) in [6.07, 6.45) is 6.65. The van der Waals surface area contributed by atoms with Crippen molar-refractivity contribution >= 4 is 5.97 Å². The number of ether oxygens (including phenoxy) is 2. The number of carbonyl (C=O) groups excluding carboxylic acids is 1. The lowest BCUT2D eigenvalue weighted by Gasteiger charge is -2.32. The van der Waals surface area contributed by atoms with Crippen molar-refractivity contribution in [3.63, 3.8) is 0 Å². The number of quaternary nitrogens is 1. The molecule has 1 aromatic carbocycles. The number of hydrogen-bond acceptors (Lipinski definition) is 5. The Hall–Kier alpha value is -2.38. The highest BCUT2D eigenvalue weighted by Gasteiger charge is 2.25. The largest absolute Gasteiger partial charge is 0.634 e. The molecule has 25 heavy (non-hydrogen) atoms. The third kappa shape index (κ3) is 4.58. The van der Waals surface area contributed by atoms with Crippen molar-refractivity contribution in [1.82, 2.24) is 9.55 Å². The predicted molar refractivity (Wildman–Crippen MR) is 91.2 cm³/mol. The van der Waals surface area contributed by atoms with Gasteiger partial charge in [-0.2, -0.15) is 0 Å². The average molecular weight is 345 g/mol. The number of hydrogen-bond donors (Lipinski definition) is 1. The zero-order chi connectivity index (χ0) is 17.6. The number of nitrogens with zero attached hydrogens (tertiary/aromatic N) is 2. The molecule has 2 heterocycles. The van der Waals surface area contributed by atoms with E-state index in [1.54, 1.807) is 19.6 Å². The number of methoxy groups -OCH3 is 1. The van der Waals surface area contributed by atoms with E-state index in [4.69, 9.17) is 9.47 Å². The summed E-state index contributed by atoms with van der Waals surface area (Å²) in [5.41, 5.74) is 0.968. The van der Waals surface area contributed by atoms with Crippen LogP contribution in [0.4, 0.5) is 0 Å². The molecule has 0 radical (unpaired) electrons. The van der Waals surface area contributed by atoms with Gasteiger partial charge in [0, 0.05) is 18.8 Å². The van der Waals surface area contributed by atoms with Crippen LogP contribution in [0.3, 0.4) is 0 Å². The highest BCUT2D eigenvalue weighted by Crippen LogP contribution is 2.25. The summed E-state index contributed by atoms with van der Waals surface area (Å²) >= 11 is 0. The molecule has 1 aromatic heterocycles. The molecule has 3 rings (SSSR count). The first-order valence-corrected chi connectivity index (χ1v) is 8.48. The summed E-state index contributed by atoms with van der Waals surface area (Å²) in [5, 5.41) is 11.7. The molecular weight excluding hydrogens is 322 g/mol. The molecule has 7 nitrogen and oxygen atoms in total. The first-order valence-electron chi connectivity index (χ1n) is 8.48. The molecule has 0 saturated carbocycles. The van der Waals surface area contributed by atoms with Gasteiger partial charge in [-0.25, -0.2) is 4.98 Å². The Labute approximate surface area is 146 Å². The Morgan fingerprint density at radius 2 is 2.24 bits per heavy atom. The summed E-state index contributed by atoms with van der Waals surface area (Å²) < 4.78 is 12.6. The zero-order valence-electron chi connectivity index (χ0n) is 14.3. The molecule has 2 aromatic rings. The van der Waals surface area contributed by atoms with Crippen molar-refractivity contribution in [2.24, 2.45) is 0 Å². The van der Waals surface area contributed by atoms with Crippen LogP contribution in [0, 0.1) is 5.21 Å². The molecule has 1 saturated heterocycles. The number of piperidine rings is 1. The number of benzene rings is 1.